The number of nitrogens with one attached hydrogen (secondary N) is 2. The van der Waals surface area contributed by atoms with Gasteiger partial charge in [-0.15, -0.1) is 0 Å². The highest BCUT2D eigenvalue weighted by molar-refractivity contribution is 5.79. The Hall–Kier alpha value is -2.96. The summed E-state index contributed by atoms with van der Waals surface area (Å²) < 4.78 is 10.6. The third-order valence-corrected chi connectivity index (χ3v) is 3.85. The summed E-state index contributed by atoms with van der Waals surface area (Å²) in [7, 11) is 8.97. The molecule has 26 heavy (non-hydrogen) atoms. The number of aromatic nitrogens is 1. The van der Waals surface area contributed by atoms with Crippen molar-refractivity contribution in [1.29, 1.82) is 0 Å². The van der Waals surface area contributed by atoms with Gasteiger partial charge in [-0.2, -0.15) is 0 Å². The third kappa shape index (κ3) is 5.27. The van der Waals surface area contributed by atoms with Gasteiger partial charge >= 0.3 is 0 Å². The highest BCUT2D eigenvalue weighted by Gasteiger charge is 2.07. The summed E-state index contributed by atoms with van der Waals surface area (Å²) in [4.78, 5) is 10.8. The Balaban J connectivity index is 1.95. The normalized spacial score (nSPS) is 11.0. The summed E-state index contributed by atoms with van der Waals surface area (Å²) in [5.41, 5.74) is 1.96. The highest BCUT2D eigenvalue weighted by Crippen LogP contribution is 2.24. The number of hydrogen-bond acceptors (Lipinski definition) is 5. The van der Waals surface area contributed by atoms with Crippen LogP contribution in [0.4, 0.5) is 5.82 Å². The van der Waals surface area contributed by atoms with Gasteiger partial charge in [0.05, 0.1) is 26.5 Å². The second-order valence-electron chi connectivity index (χ2n) is 5.84. The van der Waals surface area contributed by atoms with Gasteiger partial charge in [-0.05, 0) is 24.3 Å². The van der Waals surface area contributed by atoms with E-state index in [2.05, 4.69) is 20.6 Å². The Kier molecular flexibility index (Phi) is 7.08. The fourth-order valence-corrected chi connectivity index (χ4v) is 2.39. The molecule has 140 valence electrons. The van der Waals surface area contributed by atoms with Crippen LogP contribution >= 0.6 is 0 Å². The van der Waals surface area contributed by atoms with Crippen molar-refractivity contribution in [3.05, 3.63) is 47.7 Å². The molecule has 0 atom stereocenters. The van der Waals surface area contributed by atoms with Gasteiger partial charge in [0.25, 0.3) is 0 Å². The number of rotatable bonds is 7. The van der Waals surface area contributed by atoms with Crippen LogP contribution in [0.15, 0.2) is 41.4 Å². The zero-order chi connectivity index (χ0) is 18.9. The topological polar surface area (TPSA) is 71.0 Å². The van der Waals surface area contributed by atoms with E-state index < -0.39 is 0 Å². The molecule has 1 aromatic carbocycles. The first-order valence-corrected chi connectivity index (χ1v) is 8.36. The Morgan fingerprint density at radius 3 is 2.50 bits per heavy atom. The minimum Gasteiger partial charge on any atom is -0.497 e. The van der Waals surface area contributed by atoms with Gasteiger partial charge in [0.2, 0.25) is 0 Å². The molecular formula is C19H27N5O2. The van der Waals surface area contributed by atoms with Gasteiger partial charge in [0.15, 0.2) is 5.96 Å². The Morgan fingerprint density at radius 1 is 1.08 bits per heavy atom. The molecule has 2 N–H and O–H groups in total. The quantitative estimate of drug-likeness (QED) is 0.584. The molecule has 7 nitrogen and oxygen atoms in total. The first-order valence-electron chi connectivity index (χ1n) is 8.36. The summed E-state index contributed by atoms with van der Waals surface area (Å²) in [6.07, 6.45) is 0. The van der Waals surface area contributed by atoms with Gasteiger partial charge in [0, 0.05) is 39.3 Å². The van der Waals surface area contributed by atoms with Crippen molar-refractivity contribution in [2.45, 2.75) is 13.1 Å². The summed E-state index contributed by atoms with van der Waals surface area (Å²) in [6, 6.07) is 11.7. The molecule has 0 spiro atoms. The van der Waals surface area contributed by atoms with Gasteiger partial charge in [-0.3, -0.25) is 4.99 Å². The average Bonchev–Trinajstić information content (AvgIpc) is 2.68. The smallest absolute Gasteiger partial charge is 0.191 e. The van der Waals surface area contributed by atoms with E-state index in [1.807, 2.05) is 55.4 Å². The molecule has 0 aliphatic carbocycles. The molecular weight excluding hydrogens is 330 g/mol. The van der Waals surface area contributed by atoms with Gasteiger partial charge in [-0.25, -0.2) is 4.98 Å². The monoisotopic (exact) mass is 357 g/mol. The number of hydrogen-bond donors (Lipinski definition) is 2. The molecule has 1 heterocycles. The summed E-state index contributed by atoms with van der Waals surface area (Å²) in [6.45, 7) is 1.17. The molecule has 0 fully saturated rings. The fraction of sp³-hybridized carbons (Fsp3) is 0.368. The van der Waals surface area contributed by atoms with E-state index in [1.165, 1.54) is 0 Å². The first-order chi connectivity index (χ1) is 12.6. The molecule has 0 amide bonds. The van der Waals surface area contributed by atoms with Crippen LogP contribution in [0.5, 0.6) is 11.5 Å². The van der Waals surface area contributed by atoms with Crippen LogP contribution in [0.3, 0.4) is 0 Å². The second kappa shape index (κ2) is 9.50. The maximum absolute atomic E-state index is 5.42. The van der Waals surface area contributed by atoms with Crippen molar-refractivity contribution in [2.75, 3.05) is 40.3 Å². The molecule has 0 radical (unpaired) electrons. The molecule has 1 aromatic heterocycles. The molecule has 0 saturated carbocycles. The van der Waals surface area contributed by atoms with E-state index in [0.29, 0.717) is 19.0 Å². The van der Waals surface area contributed by atoms with Crippen molar-refractivity contribution in [2.24, 2.45) is 4.99 Å². The van der Waals surface area contributed by atoms with E-state index in [9.17, 15) is 0 Å². The van der Waals surface area contributed by atoms with Crippen molar-refractivity contribution in [3.63, 3.8) is 0 Å². The number of guanidine groups is 1. The van der Waals surface area contributed by atoms with E-state index in [1.54, 1.807) is 21.3 Å². The highest BCUT2D eigenvalue weighted by atomic mass is 16.5. The van der Waals surface area contributed by atoms with Crippen LogP contribution in [0.1, 0.15) is 11.3 Å². The number of benzene rings is 1. The molecule has 2 aromatic rings. The van der Waals surface area contributed by atoms with Gasteiger partial charge in [0.1, 0.15) is 17.3 Å². The summed E-state index contributed by atoms with van der Waals surface area (Å²) >= 11 is 0. The van der Waals surface area contributed by atoms with E-state index in [0.717, 1.165) is 28.6 Å². The lowest BCUT2D eigenvalue weighted by atomic mass is 10.2. The standard InChI is InChI=1S/C19H27N5O2/c1-20-19(22-13-15-7-6-8-18(23-15)24(2)3)21-12-14-9-10-16(25-4)11-17(14)26-5/h6-11H,12-13H2,1-5H3,(H2,20,21,22). The minimum absolute atomic E-state index is 0.581. The summed E-state index contributed by atoms with van der Waals surface area (Å²) in [5, 5.41) is 6.56. The van der Waals surface area contributed by atoms with E-state index >= 15 is 0 Å². The number of ether oxygens (including phenoxy) is 2. The van der Waals surface area contributed by atoms with E-state index in [-0.39, 0.29) is 0 Å². The molecule has 7 heteroatoms. The van der Waals surface area contributed by atoms with Crippen LogP contribution in [0.25, 0.3) is 0 Å². The van der Waals surface area contributed by atoms with Crippen LogP contribution < -0.4 is 25.0 Å². The number of nitrogens with zero attached hydrogens (tertiary/aromatic N) is 3. The largest absolute Gasteiger partial charge is 0.497 e. The minimum atomic E-state index is 0.581. The van der Waals surface area contributed by atoms with Gasteiger partial charge < -0.3 is 25.0 Å². The predicted octanol–water partition coefficient (Wildman–Crippen LogP) is 2.03. The number of pyridine rings is 1. The fourth-order valence-electron chi connectivity index (χ4n) is 2.39. The Bertz CT molecular complexity index is 746. The average molecular weight is 357 g/mol. The lowest BCUT2D eigenvalue weighted by Gasteiger charge is -2.15. The first kappa shape index (κ1) is 19.4. The zero-order valence-corrected chi connectivity index (χ0v) is 16.0. The number of anilines is 1. The Labute approximate surface area is 155 Å². The predicted molar refractivity (Wildman–Crippen MR) is 105 cm³/mol. The van der Waals surface area contributed by atoms with Crippen LogP contribution in [0, 0.1) is 0 Å². The molecule has 0 bridgehead atoms. The lowest BCUT2D eigenvalue weighted by Crippen LogP contribution is -2.36. The number of methoxy groups -OCH3 is 2. The number of aliphatic imine (C=N–C) groups is 1. The lowest BCUT2D eigenvalue weighted by molar-refractivity contribution is 0.390. The van der Waals surface area contributed by atoms with Crippen LogP contribution in [0.2, 0.25) is 0 Å². The van der Waals surface area contributed by atoms with Crippen molar-refractivity contribution in [1.82, 2.24) is 15.6 Å². The van der Waals surface area contributed by atoms with Crippen LogP contribution in [-0.4, -0.2) is 46.3 Å². The molecule has 0 saturated heterocycles. The molecule has 0 aliphatic heterocycles. The molecule has 0 aliphatic rings. The maximum Gasteiger partial charge on any atom is 0.191 e. The van der Waals surface area contributed by atoms with Gasteiger partial charge in [-0.1, -0.05) is 6.07 Å². The maximum atomic E-state index is 5.42. The second-order valence-corrected chi connectivity index (χ2v) is 5.84. The van der Waals surface area contributed by atoms with E-state index in [4.69, 9.17) is 9.47 Å². The summed E-state index contributed by atoms with van der Waals surface area (Å²) in [5.74, 6) is 3.16. The molecule has 0 unspecified atom stereocenters. The van der Waals surface area contributed by atoms with Crippen molar-refractivity contribution < 1.29 is 9.47 Å². The SMILES string of the molecule is CN=C(NCc1cccc(N(C)C)n1)NCc1ccc(OC)cc1OC. The van der Waals surface area contributed by atoms with Crippen molar-refractivity contribution in [3.8, 4) is 11.5 Å². The van der Waals surface area contributed by atoms with Crippen LogP contribution in [-0.2, 0) is 13.1 Å². The third-order valence-electron chi connectivity index (χ3n) is 3.85. The molecule has 2 rings (SSSR count). The van der Waals surface area contributed by atoms with Crippen molar-refractivity contribution >= 4 is 11.8 Å². The Morgan fingerprint density at radius 2 is 1.85 bits per heavy atom. The zero-order valence-electron chi connectivity index (χ0n) is 16.0.